The van der Waals surface area contributed by atoms with Gasteiger partial charge < -0.3 is 20.6 Å². The maximum Gasteiger partial charge on any atom is 0.416 e. The number of benzene rings is 2. The Morgan fingerprint density at radius 2 is 1.24 bits per heavy atom. The van der Waals surface area contributed by atoms with E-state index < -0.39 is 53.0 Å². The van der Waals surface area contributed by atoms with Crippen LogP contribution in [0.25, 0.3) is 0 Å². The van der Waals surface area contributed by atoms with Gasteiger partial charge in [-0.05, 0) is 42.8 Å². The summed E-state index contributed by atoms with van der Waals surface area (Å²) in [5.74, 6) is -0.948. The second-order valence-corrected chi connectivity index (χ2v) is 8.29. The van der Waals surface area contributed by atoms with Crippen LogP contribution < -0.4 is 15.5 Å². The lowest BCUT2D eigenvalue weighted by molar-refractivity contribution is -0.143. The first-order valence-corrected chi connectivity index (χ1v) is 10.8. The standard InChI is InChI=1S/C22H17F9N6O/c23-20(24,25)11-2-1-3-14(7-11)32-17-34-18(36-19(35-17)37-5-4-16(38)10-37)33-15-8-12(21(26,27)28)6-13(9-15)22(29,30)31/h1-3,6-9,16,38H,4-5,10H2,(H2,32,33,34,35,36)/t16-/m0/s1. The highest BCUT2D eigenvalue weighted by Crippen LogP contribution is 2.38. The molecular weight excluding hydrogens is 535 g/mol. The van der Waals surface area contributed by atoms with Crippen LogP contribution in [0, 0.1) is 0 Å². The van der Waals surface area contributed by atoms with Crippen molar-refractivity contribution in [1.82, 2.24) is 15.0 Å². The maximum atomic E-state index is 13.2. The van der Waals surface area contributed by atoms with Gasteiger partial charge in [0.05, 0.1) is 22.8 Å². The zero-order valence-electron chi connectivity index (χ0n) is 18.9. The number of halogens is 9. The Morgan fingerprint density at radius 3 is 1.74 bits per heavy atom. The van der Waals surface area contributed by atoms with Crippen LogP contribution in [0.2, 0.25) is 0 Å². The van der Waals surface area contributed by atoms with Gasteiger partial charge in [-0.3, -0.25) is 0 Å². The number of hydrogen-bond donors (Lipinski definition) is 3. The highest BCUT2D eigenvalue weighted by Gasteiger charge is 2.37. The maximum absolute atomic E-state index is 13.2. The van der Waals surface area contributed by atoms with E-state index in [1.807, 2.05) is 0 Å². The molecular formula is C22H17F9N6O. The molecule has 3 aromatic rings. The number of aliphatic hydroxyl groups is 1. The van der Waals surface area contributed by atoms with E-state index in [-0.39, 0.29) is 36.7 Å². The van der Waals surface area contributed by atoms with Gasteiger partial charge in [-0.2, -0.15) is 54.5 Å². The molecule has 1 fully saturated rings. The third kappa shape index (κ3) is 6.54. The molecule has 16 heteroatoms. The summed E-state index contributed by atoms with van der Waals surface area (Å²) in [6, 6.07) is 4.79. The van der Waals surface area contributed by atoms with Crippen molar-refractivity contribution in [1.29, 1.82) is 0 Å². The van der Waals surface area contributed by atoms with Crippen LogP contribution in [0.4, 0.5) is 68.7 Å². The molecule has 0 radical (unpaired) electrons. The molecule has 2 heterocycles. The lowest BCUT2D eigenvalue weighted by atomic mass is 10.1. The normalized spacial score (nSPS) is 16.6. The van der Waals surface area contributed by atoms with E-state index in [4.69, 9.17) is 0 Å². The molecule has 0 amide bonds. The molecule has 7 nitrogen and oxygen atoms in total. The van der Waals surface area contributed by atoms with E-state index in [1.165, 1.54) is 11.0 Å². The van der Waals surface area contributed by atoms with Gasteiger partial charge >= 0.3 is 18.5 Å². The molecule has 1 aromatic heterocycles. The summed E-state index contributed by atoms with van der Waals surface area (Å²) in [5.41, 5.74) is -4.87. The van der Waals surface area contributed by atoms with Gasteiger partial charge in [0.25, 0.3) is 0 Å². The average Bonchev–Trinajstić information content (AvgIpc) is 3.23. The fourth-order valence-corrected chi connectivity index (χ4v) is 3.60. The summed E-state index contributed by atoms with van der Waals surface area (Å²) in [6.45, 7) is 0.323. The minimum atomic E-state index is -5.09. The summed E-state index contributed by atoms with van der Waals surface area (Å²) in [5, 5.41) is 14.7. The summed E-state index contributed by atoms with van der Waals surface area (Å²) in [7, 11) is 0. The van der Waals surface area contributed by atoms with E-state index >= 15 is 0 Å². The topological polar surface area (TPSA) is 86.2 Å². The van der Waals surface area contributed by atoms with Gasteiger partial charge in [0, 0.05) is 24.5 Å². The molecule has 1 saturated heterocycles. The van der Waals surface area contributed by atoms with Crippen molar-refractivity contribution < 1.29 is 44.6 Å². The first-order chi connectivity index (χ1) is 17.6. The molecule has 1 aliphatic rings. The third-order valence-electron chi connectivity index (χ3n) is 5.36. The van der Waals surface area contributed by atoms with Crippen LogP contribution in [-0.2, 0) is 18.5 Å². The molecule has 0 saturated carbocycles. The molecule has 0 bridgehead atoms. The summed E-state index contributed by atoms with van der Waals surface area (Å²) >= 11 is 0. The minimum Gasteiger partial charge on any atom is -0.391 e. The molecule has 0 spiro atoms. The first kappa shape index (κ1) is 27.2. The molecule has 38 heavy (non-hydrogen) atoms. The van der Waals surface area contributed by atoms with Crippen LogP contribution in [-0.4, -0.2) is 39.3 Å². The van der Waals surface area contributed by atoms with E-state index in [9.17, 15) is 44.6 Å². The van der Waals surface area contributed by atoms with Gasteiger partial charge in [0.2, 0.25) is 17.8 Å². The second kappa shape index (κ2) is 9.81. The highest BCUT2D eigenvalue weighted by atomic mass is 19.4. The number of rotatable bonds is 5. The summed E-state index contributed by atoms with van der Waals surface area (Å²) in [6.07, 6.45) is -15.3. The Bertz CT molecular complexity index is 1280. The van der Waals surface area contributed by atoms with Gasteiger partial charge in [0.15, 0.2) is 0 Å². The van der Waals surface area contributed by atoms with E-state index in [0.717, 1.165) is 18.2 Å². The molecule has 0 unspecified atom stereocenters. The second-order valence-electron chi connectivity index (χ2n) is 8.29. The number of aromatic nitrogens is 3. The van der Waals surface area contributed by atoms with Crippen LogP contribution in [0.5, 0.6) is 0 Å². The van der Waals surface area contributed by atoms with Gasteiger partial charge in [-0.15, -0.1) is 0 Å². The monoisotopic (exact) mass is 552 g/mol. The van der Waals surface area contributed by atoms with E-state index in [0.29, 0.717) is 18.6 Å². The van der Waals surface area contributed by atoms with Crippen molar-refractivity contribution in [3.63, 3.8) is 0 Å². The number of β-amino-alcohol motifs (C(OH)–C–C–N with tert-alkyl or cyclic N) is 1. The molecule has 4 rings (SSSR count). The van der Waals surface area contributed by atoms with E-state index in [2.05, 4.69) is 25.6 Å². The Balaban J connectivity index is 1.73. The minimum absolute atomic E-state index is 0.0454. The van der Waals surface area contributed by atoms with Crippen molar-refractivity contribution in [3.05, 3.63) is 59.2 Å². The number of nitrogens with one attached hydrogen (secondary N) is 2. The van der Waals surface area contributed by atoms with Gasteiger partial charge in [-0.1, -0.05) is 6.07 Å². The Hall–Kier alpha value is -3.82. The van der Waals surface area contributed by atoms with Crippen molar-refractivity contribution in [3.8, 4) is 0 Å². The van der Waals surface area contributed by atoms with Gasteiger partial charge in [0.1, 0.15) is 0 Å². The summed E-state index contributed by atoms with van der Waals surface area (Å²) < 4.78 is 119. The number of aliphatic hydroxyl groups excluding tert-OH is 1. The van der Waals surface area contributed by atoms with Crippen molar-refractivity contribution in [2.75, 3.05) is 28.6 Å². The van der Waals surface area contributed by atoms with E-state index in [1.54, 1.807) is 0 Å². The van der Waals surface area contributed by atoms with Crippen LogP contribution in [0.3, 0.4) is 0 Å². The number of nitrogens with zero attached hydrogens (tertiary/aromatic N) is 4. The lowest BCUT2D eigenvalue weighted by Gasteiger charge is -2.18. The van der Waals surface area contributed by atoms with Crippen molar-refractivity contribution >= 4 is 29.2 Å². The molecule has 2 aromatic carbocycles. The number of hydrogen-bond acceptors (Lipinski definition) is 7. The number of anilines is 5. The molecule has 1 atom stereocenters. The first-order valence-electron chi connectivity index (χ1n) is 10.8. The van der Waals surface area contributed by atoms with Crippen LogP contribution in [0.1, 0.15) is 23.1 Å². The van der Waals surface area contributed by atoms with Crippen LogP contribution in [0.15, 0.2) is 42.5 Å². The fourth-order valence-electron chi connectivity index (χ4n) is 3.60. The van der Waals surface area contributed by atoms with Gasteiger partial charge in [-0.25, -0.2) is 0 Å². The van der Waals surface area contributed by atoms with Crippen molar-refractivity contribution in [2.24, 2.45) is 0 Å². The Kier molecular flexibility index (Phi) is 7.03. The Morgan fingerprint density at radius 1 is 0.711 bits per heavy atom. The molecule has 1 aliphatic heterocycles. The molecule has 3 N–H and O–H groups in total. The number of alkyl halides is 9. The quantitative estimate of drug-likeness (QED) is 0.336. The molecule has 204 valence electrons. The Labute approximate surface area is 208 Å². The van der Waals surface area contributed by atoms with Crippen LogP contribution >= 0.6 is 0 Å². The lowest BCUT2D eigenvalue weighted by Crippen LogP contribution is -2.24. The predicted molar refractivity (Wildman–Crippen MR) is 117 cm³/mol. The zero-order chi connectivity index (χ0) is 27.9. The zero-order valence-corrected chi connectivity index (χ0v) is 18.9. The fraction of sp³-hybridized carbons (Fsp3) is 0.318. The van der Waals surface area contributed by atoms with Crippen molar-refractivity contribution in [2.45, 2.75) is 31.1 Å². The largest absolute Gasteiger partial charge is 0.416 e. The predicted octanol–water partition coefficient (Wildman–Crippen LogP) is 5.99. The SMILES string of the molecule is O[C@H]1CCN(c2nc(Nc3cccc(C(F)(F)F)c3)nc(Nc3cc(C(F)(F)F)cc(C(F)(F)F)c3)n2)C1. The molecule has 0 aliphatic carbocycles. The average molecular weight is 552 g/mol. The summed E-state index contributed by atoms with van der Waals surface area (Å²) in [4.78, 5) is 13.5. The third-order valence-corrected chi connectivity index (χ3v) is 5.36. The highest BCUT2D eigenvalue weighted by molar-refractivity contribution is 5.61. The smallest absolute Gasteiger partial charge is 0.391 e.